The molecule has 0 atom stereocenters. The summed E-state index contributed by atoms with van der Waals surface area (Å²) in [6.45, 7) is 3.58. The highest BCUT2D eigenvalue weighted by molar-refractivity contribution is 7.15. The Morgan fingerprint density at radius 2 is 1.65 bits per heavy atom. The molecule has 9 heteroatoms. The Morgan fingerprint density at radius 3 is 2.30 bits per heavy atom. The molecule has 8 nitrogen and oxygen atoms in total. The third kappa shape index (κ3) is 6.20. The van der Waals surface area contributed by atoms with Crippen molar-refractivity contribution in [2.24, 2.45) is 0 Å². The van der Waals surface area contributed by atoms with E-state index < -0.39 is 16.8 Å². The van der Waals surface area contributed by atoms with Gasteiger partial charge in [-0.05, 0) is 42.7 Å². The summed E-state index contributed by atoms with van der Waals surface area (Å²) in [7, 11) is 0. The van der Waals surface area contributed by atoms with E-state index in [1.54, 1.807) is 30.5 Å². The van der Waals surface area contributed by atoms with E-state index in [-0.39, 0.29) is 29.5 Å². The fraction of sp³-hybridized carbons (Fsp3) is 0.143. The molecule has 4 aromatic rings. The second kappa shape index (κ2) is 11.5. The largest absolute Gasteiger partial charge is 0.484 e. The highest BCUT2D eigenvalue weighted by atomic mass is 32.1. The molecular formula is C28H24N2O6S. The van der Waals surface area contributed by atoms with Crippen molar-refractivity contribution in [1.29, 1.82) is 0 Å². The smallest absolute Gasteiger partial charge is 0.341 e. The Labute approximate surface area is 217 Å². The topological polar surface area (TPSA) is 108 Å². The van der Waals surface area contributed by atoms with Crippen LogP contribution in [-0.2, 0) is 9.53 Å². The fourth-order valence-electron chi connectivity index (χ4n) is 3.66. The SMILES string of the molecule is CCOC(=O)c1c(-c2cccc([N+](=O)[O-])c2)csc1NC(=O)COc1ccc(-c2ccc(C)cc2)cc1. The maximum absolute atomic E-state index is 12.7. The molecule has 3 aromatic carbocycles. The number of non-ortho nitro benzene ring substituents is 1. The molecule has 1 aromatic heterocycles. The van der Waals surface area contributed by atoms with E-state index in [1.807, 2.05) is 43.3 Å². The first kappa shape index (κ1) is 25.6. The summed E-state index contributed by atoms with van der Waals surface area (Å²) in [6, 6.07) is 21.5. The lowest BCUT2D eigenvalue weighted by molar-refractivity contribution is -0.384. The second-order valence-electron chi connectivity index (χ2n) is 8.11. The van der Waals surface area contributed by atoms with E-state index >= 15 is 0 Å². The van der Waals surface area contributed by atoms with Gasteiger partial charge in [0.15, 0.2) is 6.61 Å². The minimum atomic E-state index is -0.631. The van der Waals surface area contributed by atoms with Crippen LogP contribution in [0, 0.1) is 17.0 Å². The summed E-state index contributed by atoms with van der Waals surface area (Å²) in [5.41, 5.74) is 4.24. The maximum Gasteiger partial charge on any atom is 0.341 e. The summed E-state index contributed by atoms with van der Waals surface area (Å²) in [6.07, 6.45) is 0. The monoisotopic (exact) mass is 516 g/mol. The van der Waals surface area contributed by atoms with Crippen molar-refractivity contribution in [1.82, 2.24) is 0 Å². The number of amides is 1. The minimum absolute atomic E-state index is 0.106. The van der Waals surface area contributed by atoms with Crippen LogP contribution < -0.4 is 10.1 Å². The maximum atomic E-state index is 12.7. The highest BCUT2D eigenvalue weighted by Gasteiger charge is 2.24. The Bertz CT molecular complexity index is 1430. The lowest BCUT2D eigenvalue weighted by Crippen LogP contribution is -2.21. The molecule has 0 aliphatic heterocycles. The van der Waals surface area contributed by atoms with Crippen LogP contribution in [-0.4, -0.2) is 30.0 Å². The summed E-state index contributed by atoms with van der Waals surface area (Å²) in [5.74, 6) is -0.561. The van der Waals surface area contributed by atoms with E-state index in [1.165, 1.54) is 23.8 Å². The van der Waals surface area contributed by atoms with Crippen LogP contribution in [0.25, 0.3) is 22.3 Å². The number of rotatable bonds is 9. The molecule has 0 aliphatic rings. The number of ether oxygens (including phenoxy) is 2. The number of nitro groups is 1. The van der Waals surface area contributed by atoms with Gasteiger partial charge in [0.1, 0.15) is 16.3 Å². The number of hydrogen-bond donors (Lipinski definition) is 1. The molecule has 1 N–H and O–H groups in total. The molecule has 0 fully saturated rings. The van der Waals surface area contributed by atoms with Crippen LogP contribution in [0.15, 0.2) is 78.2 Å². The predicted molar refractivity (Wildman–Crippen MR) is 143 cm³/mol. The zero-order valence-corrected chi connectivity index (χ0v) is 21.0. The molecule has 0 unspecified atom stereocenters. The molecule has 188 valence electrons. The lowest BCUT2D eigenvalue weighted by atomic mass is 10.0. The third-order valence-corrected chi connectivity index (χ3v) is 6.40. The standard InChI is InChI=1S/C28H24N2O6S/c1-3-35-28(32)26-24(21-5-4-6-22(15-21)30(33)34)17-37-27(26)29-25(31)16-36-23-13-11-20(12-14-23)19-9-7-18(2)8-10-19/h4-15,17H,3,16H2,1-2H3,(H,29,31). The van der Waals surface area contributed by atoms with Crippen LogP contribution in [0.4, 0.5) is 10.7 Å². The Morgan fingerprint density at radius 1 is 0.973 bits per heavy atom. The summed E-state index contributed by atoms with van der Waals surface area (Å²) in [5, 5.41) is 15.8. The number of aryl methyl sites for hydroxylation is 1. The van der Waals surface area contributed by atoms with Crippen molar-refractivity contribution < 1.29 is 24.0 Å². The molecule has 0 aliphatic carbocycles. The molecular weight excluding hydrogens is 492 g/mol. The Hall–Kier alpha value is -4.50. The average molecular weight is 517 g/mol. The number of nitrogens with zero attached hydrogens (tertiary/aromatic N) is 1. The van der Waals surface area contributed by atoms with Gasteiger partial charge in [0, 0.05) is 23.1 Å². The first-order valence-electron chi connectivity index (χ1n) is 11.5. The summed E-state index contributed by atoms with van der Waals surface area (Å²) < 4.78 is 10.8. The van der Waals surface area contributed by atoms with Gasteiger partial charge in [-0.1, -0.05) is 54.1 Å². The quantitative estimate of drug-likeness (QED) is 0.155. The van der Waals surface area contributed by atoms with Crippen LogP contribution >= 0.6 is 11.3 Å². The van der Waals surface area contributed by atoms with Crippen molar-refractivity contribution in [2.75, 3.05) is 18.5 Å². The van der Waals surface area contributed by atoms with Gasteiger partial charge < -0.3 is 14.8 Å². The van der Waals surface area contributed by atoms with E-state index in [2.05, 4.69) is 5.32 Å². The molecule has 1 heterocycles. The van der Waals surface area contributed by atoms with Crippen molar-refractivity contribution in [3.63, 3.8) is 0 Å². The van der Waals surface area contributed by atoms with Gasteiger partial charge in [-0.3, -0.25) is 14.9 Å². The Balaban J connectivity index is 1.47. The normalized spacial score (nSPS) is 10.5. The van der Waals surface area contributed by atoms with Gasteiger partial charge in [-0.25, -0.2) is 4.79 Å². The van der Waals surface area contributed by atoms with Crippen LogP contribution in [0.1, 0.15) is 22.8 Å². The number of hydrogen-bond acceptors (Lipinski definition) is 7. The molecule has 0 saturated heterocycles. The van der Waals surface area contributed by atoms with Crippen LogP contribution in [0.3, 0.4) is 0 Å². The fourth-order valence-corrected chi connectivity index (χ4v) is 4.63. The number of nitro benzene ring substituents is 1. The molecule has 0 spiro atoms. The molecule has 0 radical (unpaired) electrons. The third-order valence-electron chi connectivity index (χ3n) is 5.50. The van der Waals surface area contributed by atoms with Crippen molar-refractivity contribution >= 4 is 33.9 Å². The Kier molecular flexibility index (Phi) is 7.95. The van der Waals surface area contributed by atoms with Crippen molar-refractivity contribution in [3.05, 3.63) is 99.4 Å². The number of thiophene rings is 1. The number of carbonyl (C=O) groups excluding carboxylic acids is 2. The zero-order valence-electron chi connectivity index (χ0n) is 20.2. The van der Waals surface area contributed by atoms with Crippen molar-refractivity contribution in [2.45, 2.75) is 13.8 Å². The molecule has 1 amide bonds. The first-order valence-corrected chi connectivity index (χ1v) is 12.4. The van der Waals surface area contributed by atoms with Gasteiger partial charge >= 0.3 is 5.97 Å². The van der Waals surface area contributed by atoms with Gasteiger partial charge in [0.2, 0.25) is 0 Å². The number of anilines is 1. The highest BCUT2D eigenvalue weighted by Crippen LogP contribution is 2.37. The molecule has 37 heavy (non-hydrogen) atoms. The van der Waals surface area contributed by atoms with E-state index in [4.69, 9.17) is 9.47 Å². The van der Waals surface area contributed by atoms with Gasteiger partial charge in [-0.2, -0.15) is 0 Å². The van der Waals surface area contributed by atoms with Crippen molar-refractivity contribution in [3.8, 4) is 28.0 Å². The minimum Gasteiger partial charge on any atom is -0.484 e. The molecule has 4 rings (SSSR count). The average Bonchev–Trinajstić information content (AvgIpc) is 3.32. The van der Waals surface area contributed by atoms with E-state index in [0.29, 0.717) is 16.9 Å². The zero-order chi connectivity index (χ0) is 26.4. The van der Waals surface area contributed by atoms with E-state index in [0.717, 1.165) is 22.5 Å². The number of esters is 1. The number of carbonyl (C=O) groups is 2. The van der Waals surface area contributed by atoms with Gasteiger partial charge in [0.05, 0.1) is 11.5 Å². The van der Waals surface area contributed by atoms with Crippen LogP contribution in [0.5, 0.6) is 5.75 Å². The first-order chi connectivity index (χ1) is 17.9. The van der Waals surface area contributed by atoms with Gasteiger partial charge in [0.25, 0.3) is 11.6 Å². The van der Waals surface area contributed by atoms with E-state index in [9.17, 15) is 19.7 Å². The number of benzene rings is 3. The number of nitrogens with one attached hydrogen (secondary N) is 1. The second-order valence-corrected chi connectivity index (χ2v) is 8.99. The summed E-state index contributed by atoms with van der Waals surface area (Å²) in [4.78, 5) is 36.1. The van der Waals surface area contributed by atoms with Crippen LogP contribution in [0.2, 0.25) is 0 Å². The summed E-state index contributed by atoms with van der Waals surface area (Å²) >= 11 is 1.13. The molecule has 0 saturated carbocycles. The molecule has 0 bridgehead atoms. The lowest BCUT2D eigenvalue weighted by Gasteiger charge is -2.10. The predicted octanol–water partition coefficient (Wildman–Crippen LogP) is 6.49. The van der Waals surface area contributed by atoms with Gasteiger partial charge in [-0.15, -0.1) is 11.3 Å².